The molecule has 0 atom stereocenters. The molecule has 0 radical (unpaired) electrons. The van der Waals surface area contributed by atoms with Crippen molar-refractivity contribution in [1.82, 2.24) is 9.62 Å². The van der Waals surface area contributed by atoms with E-state index in [0.717, 1.165) is 25.9 Å². The van der Waals surface area contributed by atoms with Crippen LogP contribution >= 0.6 is 0 Å². The zero-order chi connectivity index (χ0) is 16.9. The number of hydrogen-bond acceptors (Lipinski definition) is 4. The number of nitrogens with one attached hydrogen (secondary N) is 1. The Hall–Kier alpha value is -1.60. The predicted octanol–water partition coefficient (Wildman–Crippen LogP) is 1.62. The van der Waals surface area contributed by atoms with Gasteiger partial charge in [-0.05, 0) is 43.0 Å². The van der Waals surface area contributed by atoms with Crippen molar-refractivity contribution in [1.29, 1.82) is 0 Å². The normalized spacial score (nSPS) is 15.2. The van der Waals surface area contributed by atoms with Crippen molar-refractivity contribution in [3.8, 4) is 5.75 Å². The van der Waals surface area contributed by atoms with Crippen molar-refractivity contribution in [2.45, 2.75) is 31.6 Å². The lowest BCUT2D eigenvalue weighted by atomic mass is 10.2. The Morgan fingerprint density at radius 3 is 2.39 bits per heavy atom. The molecule has 0 spiro atoms. The van der Waals surface area contributed by atoms with Gasteiger partial charge in [0.15, 0.2) is 6.61 Å². The fraction of sp³-hybridized carbons (Fsp3) is 0.562. The van der Waals surface area contributed by atoms with Gasteiger partial charge < -0.3 is 9.64 Å². The van der Waals surface area contributed by atoms with Crippen LogP contribution in [0.4, 0.5) is 0 Å². The molecule has 0 aromatic heterocycles. The lowest BCUT2D eigenvalue weighted by Gasteiger charge is -2.15. The van der Waals surface area contributed by atoms with E-state index in [0.29, 0.717) is 12.3 Å². The van der Waals surface area contributed by atoms with Crippen LogP contribution in [0.2, 0.25) is 0 Å². The third kappa shape index (κ3) is 5.21. The highest BCUT2D eigenvalue weighted by atomic mass is 32.2. The van der Waals surface area contributed by atoms with Gasteiger partial charge in [-0.1, -0.05) is 13.8 Å². The van der Waals surface area contributed by atoms with Gasteiger partial charge in [0.2, 0.25) is 10.0 Å². The highest BCUT2D eigenvalue weighted by molar-refractivity contribution is 7.89. The molecular formula is C16H24N2O4S. The first-order chi connectivity index (χ1) is 10.9. The molecule has 1 fully saturated rings. The Bertz CT molecular complexity index is 620. The quantitative estimate of drug-likeness (QED) is 0.818. The molecule has 6 nitrogen and oxygen atoms in total. The summed E-state index contributed by atoms with van der Waals surface area (Å²) < 4.78 is 32.1. The number of rotatable bonds is 7. The van der Waals surface area contributed by atoms with E-state index >= 15 is 0 Å². The third-order valence-corrected chi connectivity index (χ3v) is 5.08. The molecule has 0 saturated carbocycles. The van der Waals surface area contributed by atoms with Crippen molar-refractivity contribution < 1.29 is 17.9 Å². The van der Waals surface area contributed by atoms with Crippen molar-refractivity contribution in [3.05, 3.63) is 24.3 Å². The summed E-state index contributed by atoms with van der Waals surface area (Å²) in [4.78, 5) is 13.9. The SMILES string of the molecule is CC(C)CNS(=O)(=O)c1ccc(OCC(=O)N2CCCC2)cc1. The van der Waals surface area contributed by atoms with E-state index in [2.05, 4.69) is 4.72 Å². The molecule has 7 heteroatoms. The molecule has 128 valence electrons. The number of ether oxygens (including phenoxy) is 1. The molecule has 2 rings (SSSR count). The molecule has 1 aromatic carbocycles. The molecule has 1 heterocycles. The molecule has 1 amide bonds. The summed E-state index contributed by atoms with van der Waals surface area (Å²) in [5, 5.41) is 0. The van der Waals surface area contributed by atoms with Crippen LogP contribution in [0.25, 0.3) is 0 Å². The van der Waals surface area contributed by atoms with Crippen LogP contribution in [0.5, 0.6) is 5.75 Å². The summed E-state index contributed by atoms with van der Waals surface area (Å²) in [6.07, 6.45) is 2.09. The van der Waals surface area contributed by atoms with Gasteiger partial charge in [0, 0.05) is 19.6 Å². The Labute approximate surface area is 137 Å². The fourth-order valence-corrected chi connectivity index (χ4v) is 3.49. The third-order valence-electron chi connectivity index (χ3n) is 3.64. The number of carbonyl (C=O) groups is 1. The van der Waals surface area contributed by atoms with E-state index in [9.17, 15) is 13.2 Å². The number of carbonyl (C=O) groups excluding carboxylic acids is 1. The highest BCUT2D eigenvalue weighted by Crippen LogP contribution is 2.16. The lowest BCUT2D eigenvalue weighted by molar-refractivity contribution is -0.132. The Morgan fingerprint density at radius 2 is 1.83 bits per heavy atom. The number of sulfonamides is 1. The largest absolute Gasteiger partial charge is 0.484 e. The van der Waals surface area contributed by atoms with Crippen LogP contribution in [0.1, 0.15) is 26.7 Å². The van der Waals surface area contributed by atoms with Crippen LogP contribution < -0.4 is 9.46 Å². The van der Waals surface area contributed by atoms with Crippen molar-refractivity contribution in [2.75, 3.05) is 26.2 Å². The highest BCUT2D eigenvalue weighted by Gasteiger charge is 2.18. The molecule has 1 saturated heterocycles. The first-order valence-electron chi connectivity index (χ1n) is 7.89. The minimum Gasteiger partial charge on any atom is -0.484 e. The first kappa shape index (κ1) is 17.7. The van der Waals surface area contributed by atoms with Crippen LogP contribution in [0.15, 0.2) is 29.2 Å². The molecule has 1 N–H and O–H groups in total. The zero-order valence-electron chi connectivity index (χ0n) is 13.6. The van der Waals surface area contributed by atoms with E-state index in [1.165, 1.54) is 12.1 Å². The minimum absolute atomic E-state index is 0.0162. The van der Waals surface area contributed by atoms with E-state index in [-0.39, 0.29) is 23.3 Å². The van der Waals surface area contributed by atoms with E-state index in [1.807, 2.05) is 13.8 Å². The van der Waals surface area contributed by atoms with Gasteiger partial charge in [-0.15, -0.1) is 0 Å². The average Bonchev–Trinajstić information content (AvgIpc) is 3.06. The number of likely N-dealkylation sites (tertiary alicyclic amines) is 1. The monoisotopic (exact) mass is 340 g/mol. The van der Waals surface area contributed by atoms with Gasteiger partial charge in [0.1, 0.15) is 5.75 Å². The molecule has 1 aliphatic heterocycles. The zero-order valence-corrected chi connectivity index (χ0v) is 14.4. The molecule has 23 heavy (non-hydrogen) atoms. The standard InChI is InChI=1S/C16H24N2O4S/c1-13(2)11-17-23(20,21)15-7-5-14(6-8-15)22-12-16(19)18-9-3-4-10-18/h5-8,13,17H,3-4,9-12H2,1-2H3. The molecule has 1 aliphatic rings. The summed E-state index contributed by atoms with van der Waals surface area (Å²) in [6, 6.07) is 6.11. The van der Waals surface area contributed by atoms with Crippen LogP contribution in [-0.4, -0.2) is 45.5 Å². The smallest absolute Gasteiger partial charge is 0.260 e. The molecule has 0 bridgehead atoms. The molecule has 0 aliphatic carbocycles. The van der Waals surface area contributed by atoms with Crippen LogP contribution in [0, 0.1) is 5.92 Å². The van der Waals surface area contributed by atoms with Gasteiger partial charge in [-0.25, -0.2) is 13.1 Å². The maximum Gasteiger partial charge on any atom is 0.260 e. The predicted molar refractivity (Wildman–Crippen MR) is 87.8 cm³/mol. The topological polar surface area (TPSA) is 75.7 Å². The maximum absolute atomic E-state index is 12.1. The summed E-state index contributed by atoms with van der Waals surface area (Å²) in [6.45, 7) is 5.85. The second kappa shape index (κ2) is 7.79. The number of amides is 1. The molecular weight excluding hydrogens is 316 g/mol. The lowest BCUT2D eigenvalue weighted by Crippen LogP contribution is -2.32. The van der Waals surface area contributed by atoms with Crippen molar-refractivity contribution in [3.63, 3.8) is 0 Å². The van der Waals surface area contributed by atoms with Gasteiger partial charge in [0.25, 0.3) is 5.91 Å². The van der Waals surface area contributed by atoms with Crippen molar-refractivity contribution >= 4 is 15.9 Å². The van der Waals surface area contributed by atoms with E-state index < -0.39 is 10.0 Å². The average molecular weight is 340 g/mol. The minimum atomic E-state index is -3.50. The molecule has 0 unspecified atom stereocenters. The summed E-state index contributed by atoms with van der Waals surface area (Å²) in [5.41, 5.74) is 0. The Morgan fingerprint density at radius 1 is 1.22 bits per heavy atom. The maximum atomic E-state index is 12.1. The Kier molecular flexibility index (Phi) is 6.01. The van der Waals surface area contributed by atoms with Crippen LogP contribution in [-0.2, 0) is 14.8 Å². The molecule has 1 aromatic rings. The van der Waals surface area contributed by atoms with E-state index in [4.69, 9.17) is 4.74 Å². The summed E-state index contributed by atoms with van der Waals surface area (Å²) in [7, 11) is -3.50. The van der Waals surface area contributed by atoms with Gasteiger partial charge in [-0.3, -0.25) is 4.79 Å². The fourth-order valence-electron chi connectivity index (χ4n) is 2.28. The number of hydrogen-bond donors (Lipinski definition) is 1. The summed E-state index contributed by atoms with van der Waals surface area (Å²) >= 11 is 0. The number of benzene rings is 1. The Balaban J connectivity index is 1.90. The van der Waals surface area contributed by atoms with Gasteiger partial charge >= 0.3 is 0 Å². The van der Waals surface area contributed by atoms with E-state index in [1.54, 1.807) is 17.0 Å². The van der Waals surface area contributed by atoms with Crippen LogP contribution in [0.3, 0.4) is 0 Å². The second-order valence-corrected chi connectivity index (χ2v) is 7.86. The van der Waals surface area contributed by atoms with Crippen molar-refractivity contribution in [2.24, 2.45) is 5.92 Å². The number of nitrogens with zero attached hydrogens (tertiary/aromatic N) is 1. The van der Waals surface area contributed by atoms with Gasteiger partial charge in [-0.2, -0.15) is 0 Å². The van der Waals surface area contributed by atoms with Gasteiger partial charge in [0.05, 0.1) is 4.90 Å². The second-order valence-electron chi connectivity index (χ2n) is 6.09. The first-order valence-corrected chi connectivity index (χ1v) is 9.37. The summed E-state index contributed by atoms with van der Waals surface area (Å²) in [5.74, 6) is 0.696.